The van der Waals surface area contributed by atoms with Crippen molar-refractivity contribution < 1.29 is 4.79 Å². The van der Waals surface area contributed by atoms with Gasteiger partial charge in [0.2, 0.25) is 0 Å². The van der Waals surface area contributed by atoms with Crippen molar-refractivity contribution in [3.05, 3.63) is 29.6 Å². The van der Waals surface area contributed by atoms with Crippen LogP contribution in [0.3, 0.4) is 0 Å². The number of terminal acetylenes is 1. The van der Waals surface area contributed by atoms with Gasteiger partial charge in [-0.1, -0.05) is 0 Å². The lowest BCUT2D eigenvalue weighted by atomic mass is 10.2. The smallest absolute Gasteiger partial charge is 0.256 e. The Morgan fingerprint density at radius 3 is 2.85 bits per heavy atom. The largest absolute Gasteiger partial charge is 0.345 e. The van der Waals surface area contributed by atoms with Crippen LogP contribution in [0.2, 0.25) is 0 Å². The van der Waals surface area contributed by atoms with Gasteiger partial charge in [0, 0.05) is 20.3 Å². The highest BCUT2D eigenvalue weighted by molar-refractivity contribution is 5.95. The molecule has 3 nitrogen and oxygen atoms in total. The second kappa shape index (κ2) is 3.72. The molecule has 0 bridgehead atoms. The van der Waals surface area contributed by atoms with E-state index < -0.39 is 0 Å². The Hall–Kier alpha value is -1.82. The molecule has 0 aromatic carbocycles. The van der Waals surface area contributed by atoms with Crippen molar-refractivity contribution >= 4 is 5.91 Å². The highest BCUT2D eigenvalue weighted by Crippen LogP contribution is 2.05. The molecular weight excluding hydrogens is 164 g/mol. The van der Waals surface area contributed by atoms with E-state index in [-0.39, 0.29) is 5.91 Å². The number of hydrogen-bond donors (Lipinski definition) is 0. The topological polar surface area (TPSA) is 33.2 Å². The summed E-state index contributed by atoms with van der Waals surface area (Å²) >= 11 is 0. The molecule has 0 atom stereocenters. The van der Waals surface area contributed by atoms with Crippen LogP contribution in [-0.2, 0) is 0 Å². The lowest BCUT2D eigenvalue weighted by Gasteiger charge is -2.10. The van der Waals surface area contributed by atoms with Crippen LogP contribution in [0.5, 0.6) is 0 Å². The summed E-state index contributed by atoms with van der Waals surface area (Å²) in [7, 11) is 3.35. The van der Waals surface area contributed by atoms with Crippen molar-refractivity contribution in [2.75, 3.05) is 14.1 Å². The van der Waals surface area contributed by atoms with Gasteiger partial charge in [-0.3, -0.25) is 4.79 Å². The number of nitrogens with zero attached hydrogens (tertiary/aromatic N) is 2. The van der Waals surface area contributed by atoms with Gasteiger partial charge < -0.3 is 4.90 Å². The fraction of sp³-hybridized carbons (Fsp3) is 0.200. The zero-order valence-electron chi connectivity index (χ0n) is 7.61. The summed E-state index contributed by atoms with van der Waals surface area (Å²) < 4.78 is 0. The Labute approximate surface area is 77.4 Å². The standard InChI is InChI=1S/C10H10N2O/c1-4-9-8(6-5-7-11-9)10(13)12(2)3/h1,5-7H,2-3H3. The SMILES string of the molecule is C#Cc1ncccc1C(=O)N(C)C. The van der Waals surface area contributed by atoms with E-state index >= 15 is 0 Å². The van der Waals surface area contributed by atoms with Gasteiger partial charge >= 0.3 is 0 Å². The second-order valence-corrected chi connectivity index (χ2v) is 2.74. The third-order valence-corrected chi connectivity index (χ3v) is 1.58. The normalized spacial score (nSPS) is 9.00. The molecule has 0 saturated heterocycles. The first-order valence-corrected chi connectivity index (χ1v) is 3.80. The quantitative estimate of drug-likeness (QED) is 0.589. The number of carbonyl (C=O) groups is 1. The third kappa shape index (κ3) is 1.85. The minimum atomic E-state index is -0.124. The molecule has 13 heavy (non-hydrogen) atoms. The molecule has 1 amide bonds. The summed E-state index contributed by atoms with van der Waals surface area (Å²) in [5.41, 5.74) is 0.858. The number of amides is 1. The van der Waals surface area contributed by atoms with E-state index in [2.05, 4.69) is 10.9 Å². The summed E-state index contributed by atoms with van der Waals surface area (Å²) in [5.74, 6) is 2.25. The average molecular weight is 174 g/mol. The number of rotatable bonds is 1. The molecular formula is C10H10N2O. The van der Waals surface area contributed by atoms with Crippen LogP contribution in [0.1, 0.15) is 16.1 Å². The van der Waals surface area contributed by atoms with Gasteiger partial charge in [0.05, 0.1) is 5.56 Å². The number of pyridine rings is 1. The third-order valence-electron chi connectivity index (χ3n) is 1.58. The summed E-state index contributed by atoms with van der Waals surface area (Å²) in [6.07, 6.45) is 6.78. The molecule has 0 aliphatic carbocycles. The molecule has 0 aliphatic heterocycles. The first-order chi connectivity index (χ1) is 6.16. The van der Waals surface area contributed by atoms with Crippen LogP contribution >= 0.6 is 0 Å². The summed E-state index contributed by atoms with van der Waals surface area (Å²) in [6, 6.07) is 3.36. The van der Waals surface area contributed by atoms with E-state index in [4.69, 9.17) is 6.42 Å². The van der Waals surface area contributed by atoms with Crippen molar-refractivity contribution in [3.63, 3.8) is 0 Å². The number of aromatic nitrogens is 1. The maximum Gasteiger partial charge on any atom is 0.256 e. The summed E-state index contributed by atoms with van der Waals surface area (Å²) in [6.45, 7) is 0. The monoisotopic (exact) mass is 174 g/mol. The molecule has 1 aromatic rings. The average Bonchev–Trinajstić information content (AvgIpc) is 2.16. The molecule has 1 rings (SSSR count). The Morgan fingerprint density at radius 2 is 2.31 bits per heavy atom. The van der Waals surface area contributed by atoms with Crippen molar-refractivity contribution in [2.45, 2.75) is 0 Å². The van der Waals surface area contributed by atoms with E-state index in [0.29, 0.717) is 11.3 Å². The summed E-state index contributed by atoms with van der Waals surface area (Å²) in [4.78, 5) is 16.9. The lowest BCUT2D eigenvalue weighted by molar-refractivity contribution is 0.0827. The lowest BCUT2D eigenvalue weighted by Crippen LogP contribution is -2.22. The van der Waals surface area contributed by atoms with Gasteiger partial charge in [-0.2, -0.15) is 0 Å². The van der Waals surface area contributed by atoms with Crippen molar-refractivity contribution in [1.29, 1.82) is 0 Å². The first kappa shape index (κ1) is 9.27. The van der Waals surface area contributed by atoms with Gasteiger partial charge in [0.25, 0.3) is 5.91 Å². The van der Waals surface area contributed by atoms with Crippen LogP contribution in [0.15, 0.2) is 18.3 Å². The van der Waals surface area contributed by atoms with E-state index in [1.54, 1.807) is 32.4 Å². The Morgan fingerprint density at radius 1 is 1.62 bits per heavy atom. The van der Waals surface area contributed by atoms with Gasteiger partial charge in [0.15, 0.2) is 0 Å². The number of carbonyl (C=O) groups excluding carboxylic acids is 1. The van der Waals surface area contributed by atoms with Crippen molar-refractivity contribution in [2.24, 2.45) is 0 Å². The van der Waals surface area contributed by atoms with Crippen LogP contribution in [0, 0.1) is 12.3 Å². The van der Waals surface area contributed by atoms with Gasteiger partial charge in [-0.25, -0.2) is 4.98 Å². The van der Waals surface area contributed by atoms with E-state index in [0.717, 1.165) is 0 Å². The molecule has 1 aromatic heterocycles. The first-order valence-electron chi connectivity index (χ1n) is 3.80. The van der Waals surface area contributed by atoms with Gasteiger partial charge in [-0.05, 0) is 18.1 Å². The van der Waals surface area contributed by atoms with Crippen LogP contribution in [0.25, 0.3) is 0 Å². The van der Waals surface area contributed by atoms with E-state index in [9.17, 15) is 4.79 Å². The van der Waals surface area contributed by atoms with E-state index in [1.807, 2.05) is 0 Å². The van der Waals surface area contributed by atoms with Gasteiger partial charge in [0.1, 0.15) is 5.69 Å². The number of hydrogen-bond acceptors (Lipinski definition) is 2. The molecule has 0 N–H and O–H groups in total. The van der Waals surface area contributed by atoms with Crippen LogP contribution in [0.4, 0.5) is 0 Å². The molecule has 66 valence electrons. The molecule has 0 saturated carbocycles. The molecule has 0 aliphatic rings. The zero-order valence-corrected chi connectivity index (χ0v) is 7.61. The van der Waals surface area contributed by atoms with Gasteiger partial charge in [-0.15, -0.1) is 6.42 Å². The predicted octanol–water partition coefficient (Wildman–Crippen LogP) is 0.765. The Bertz CT molecular complexity index is 363. The minimum absolute atomic E-state index is 0.124. The molecule has 0 unspecified atom stereocenters. The highest BCUT2D eigenvalue weighted by Gasteiger charge is 2.11. The van der Waals surface area contributed by atoms with Crippen LogP contribution in [-0.4, -0.2) is 29.9 Å². The van der Waals surface area contributed by atoms with Crippen molar-refractivity contribution in [1.82, 2.24) is 9.88 Å². The molecule has 0 spiro atoms. The maximum absolute atomic E-state index is 11.5. The molecule has 1 heterocycles. The fourth-order valence-electron chi connectivity index (χ4n) is 0.934. The maximum atomic E-state index is 11.5. The Balaban J connectivity index is 3.15. The molecule has 0 fully saturated rings. The van der Waals surface area contributed by atoms with Crippen molar-refractivity contribution in [3.8, 4) is 12.3 Å². The predicted molar refractivity (Wildman–Crippen MR) is 50.2 cm³/mol. The fourth-order valence-corrected chi connectivity index (χ4v) is 0.934. The van der Waals surface area contributed by atoms with Crippen LogP contribution < -0.4 is 0 Å². The Kier molecular flexibility index (Phi) is 2.65. The second-order valence-electron chi connectivity index (χ2n) is 2.74. The summed E-state index contributed by atoms with van der Waals surface area (Å²) in [5, 5.41) is 0. The highest BCUT2D eigenvalue weighted by atomic mass is 16.2. The minimum Gasteiger partial charge on any atom is -0.345 e. The molecule has 3 heteroatoms. The molecule has 0 radical (unpaired) electrons. The van der Waals surface area contributed by atoms with E-state index in [1.165, 1.54) is 4.90 Å². The zero-order chi connectivity index (χ0) is 9.84.